The minimum Gasteiger partial charge on any atom is -0.345 e. The average molecular weight is 452 g/mol. The van der Waals surface area contributed by atoms with E-state index >= 15 is 0 Å². The molecule has 4 rings (SSSR count). The highest BCUT2D eigenvalue weighted by Gasteiger charge is 2.49. The second kappa shape index (κ2) is 7.79. The molecule has 0 saturated carbocycles. The third-order valence-corrected chi connectivity index (χ3v) is 7.17. The zero-order chi connectivity index (χ0) is 23.3. The number of nitrogens with zero attached hydrogens (tertiary/aromatic N) is 2. The number of carbonyl (C=O) groups is 1. The number of halogens is 1. The summed E-state index contributed by atoms with van der Waals surface area (Å²) in [7, 11) is 1.60. The Balaban J connectivity index is 1.79. The number of aromatic nitrogens is 1. The van der Waals surface area contributed by atoms with Crippen LogP contribution in [0.15, 0.2) is 54.2 Å². The van der Waals surface area contributed by atoms with Crippen LogP contribution in [-0.4, -0.2) is 28.8 Å². The van der Waals surface area contributed by atoms with E-state index in [2.05, 4.69) is 10.3 Å². The van der Waals surface area contributed by atoms with Crippen molar-refractivity contribution in [3.8, 4) is 11.1 Å². The first-order valence-electron chi connectivity index (χ1n) is 10.2. The SMILES string of the molecule is CN1C(=N)N[C@](C)(c2cc(-c3cncc(F)c3)cs2)[C@@H](c2ccc(C(C)(C)N)cc2)C1=O. The highest BCUT2D eigenvalue weighted by atomic mass is 32.1. The molecule has 0 aliphatic carbocycles. The second-order valence-electron chi connectivity index (χ2n) is 8.94. The Bertz CT molecular complexity index is 1180. The van der Waals surface area contributed by atoms with Gasteiger partial charge in [-0.2, -0.15) is 0 Å². The molecule has 0 radical (unpaired) electrons. The molecular weight excluding hydrogens is 425 g/mol. The Morgan fingerprint density at radius 3 is 2.53 bits per heavy atom. The van der Waals surface area contributed by atoms with Gasteiger partial charge in [0.15, 0.2) is 5.96 Å². The number of thiophene rings is 1. The molecule has 2 atom stereocenters. The largest absolute Gasteiger partial charge is 0.345 e. The summed E-state index contributed by atoms with van der Waals surface area (Å²) in [5, 5.41) is 13.5. The topological polar surface area (TPSA) is 95.1 Å². The maximum absolute atomic E-state index is 13.7. The zero-order valence-corrected chi connectivity index (χ0v) is 19.3. The lowest BCUT2D eigenvalue weighted by molar-refractivity contribution is -0.131. The molecule has 0 bridgehead atoms. The molecule has 1 aliphatic rings. The number of hydrogen-bond acceptors (Lipinski definition) is 5. The van der Waals surface area contributed by atoms with Crippen LogP contribution >= 0.6 is 11.3 Å². The molecular formula is C24H26FN5OS. The number of nitrogens with two attached hydrogens (primary N) is 1. The van der Waals surface area contributed by atoms with Crippen LogP contribution in [0.5, 0.6) is 0 Å². The predicted molar refractivity (Wildman–Crippen MR) is 125 cm³/mol. The molecule has 1 aliphatic heterocycles. The maximum atomic E-state index is 13.7. The summed E-state index contributed by atoms with van der Waals surface area (Å²) in [4.78, 5) is 19.5. The molecule has 1 amide bonds. The first-order valence-corrected chi connectivity index (χ1v) is 11.1. The van der Waals surface area contributed by atoms with E-state index in [1.165, 1.54) is 28.5 Å². The van der Waals surface area contributed by atoms with Crippen LogP contribution in [0.3, 0.4) is 0 Å². The number of amides is 1. The molecule has 0 unspecified atom stereocenters. The fourth-order valence-corrected chi connectivity index (χ4v) is 5.13. The molecule has 6 nitrogen and oxygen atoms in total. The number of nitrogens with one attached hydrogen (secondary N) is 2. The first kappa shape index (κ1) is 22.1. The van der Waals surface area contributed by atoms with E-state index in [0.29, 0.717) is 5.56 Å². The predicted octanol–water partition coefficient (Wildman–Crippen LogP) is 4.14. The highest BCUT2D eigenvalue weighted by molar-refractivity contribution is 7.10. The van der Waals surface area contributed by atoms with E-state index < -0.39 is 22.8 Å². The standard InChI is InChI=1S/C24H26FN5OS/c1-23(2,27)17-7-5-14(6-8-17)20-21(31)30(4)22(26)29-24(20,3)19-10-16(13-32-19)15-9-18(25)12-28-11-15/h5-13,20H,27H2,1-4H3,(H2,26,29)/t20-,24+/m0/s1. The van der Waals surface area contributed by atoms with Crippen molar-refractivity contribution in [2.24, 2.45) is 5.73 Å². The van der Waals surface area contributed by atoms with Gasteiger partial charge in [-0.05, 0) is 55.0 Å². The van der Waals surface area contributed by atoms with Gasteiger partial charge in [0.25, 0.3) is 0 Å². The quantitative estimate of drug-likeness (QED) is 0.556. The van der Waals surface area contributed by atoms with Crippen LogP contribution in [0, 0.1) is 11.2 Å². The van der Waals surface area contributed by atoms with Gasteiger partial charge in [-0.25, -0.2) is 4.39 Å². The summed E-state index contributed by atoms with van der Waals surface area (Å²) in [6, 6.07) is 11.1. The van der Waals surface area contributed by atoms with Crippen molar-refractivity contribution in [3.63, 3.8) is 0 Å². The maximum Gasteiger partial charge on any atom is 0.239 e. The van der Waals surface area contributed by atoms with Gasteiger partial charge in [0, 0.05) is 29.2 Å². The van der Waals surface area contributed by atoms with Crippen LogP contribution in [0.4, 0.5) is 4.39 Å². The summed E-state index contributed by atoms with van der Waals surface area (Å²) < 4.78 is 13.7. The van der Waals surface area contributed by atoms with Gasteiger partial charge in [-0.1, -0.05) is 24.3 Å². The minimum absolute atomic E-state index is 0.0378. The summed E-state index contributed by atoms with van der Waals surface area (Å²) in [6.45, 7) is 5.79. The van der Waals surface area contributed by atoms with Gasteiger partial charge < -0.3 is 11.1 Å². The van der Waals surface area contributed by atoms with Crippen molar-refractivity contribution in [1.82, 2.24) is 15.2 Å². The van der Waals surface area contributed by atoms with E-state index in [4.69, 9.17) is 11.1 Å². The third-order valence-electron chi connectivity index (χ3n) is 6.01. The Morgan fingerprint density at radius 1 is 1.22 bits per heavy atom. The fraction of sp³-hybridized carbons (Fsp3) is 0.292. The molecule has 3 aromatic rings. The number of hydrogen-bond donors (Lipinski definition) is 3. The van der Waals surface area contributed by atoms with E-state index in [0.717, 1.165) is 21.6 Å². The number of guanidine groups is 1. The molecule has 166 valence electrons. The number of pyridine rings is 1. The normalized spacial score (nSPS) is 21.6. The van der Waals surface area contributed by atoms with Crippen LogP contribution in [0.25, 0.3) is 11.1 Å². The summed E-state index contributed by atoms with van der Waals surface area (Å²) >= 11 is 1.47. The van der Waals surface area contributed by atoms with Gasteiger partial charge in [0.1, 0.15) is 5.82 Å². The average Bonchev–Trinajstić information content (AvgIpc) is 3.23. The van der Waals surface area contributed by atoms with Gasteiger partial charge in [0.05, 0.1) is 17.7 Å². The van der Waals surface area contributed by atoms with Gasteiger partial charge in [-0.15, -0.1) is 11.3 Å². The van der Waals surface area contributed by atoms with E-state index in [-0.39, 0.29) is 11.9 Å². The number of carbonyl (C=O) groups excluding carboxylic acids is 1. The molecule has 0 spiro atoms. The van der Waals surface area contributed by atoms with Crippen molar-refractivity contribution in [1.29, 1.82) is 5.41 Å². The van der Waals surface area contributed by atoms with Gasteiger partial charge in [-0.3, -0.25) is 20.1 Å². The summed E-state index contributed by atoms with van der Waals surface area (Å²) in [5.41, 5.74) is 8.16. The molecule has 3 heterocycles. The lowest BCUT2D eigenvalue weighted by Crippen LogP contribution is -2.62. The van der Waals surface area contributed by atoms with Crippen molar-refractivity contribution < 1.29 is 9.18 Å². The van der Waals surface area contributed by atoms with Gasteiger partial charge >= 0.3 is 0 Å². The Morgan fingerprint density at radius 2 is 1.91 bits per heavy atom. The van der Waals surface area contributed by atoms with Crippen molar-refractivity contribution in [2.45, 2.75) is 37.8 Å². The first-order chi connectivity index (χ1) is 15.0. The molecule has 4 N–H and O–H groups in total. The van der Waals surface area contributed by atoms with Crippen LogP contribution < -0.4 is 11.1 Å². The molecule has 1 fully saturated rings. The van der Waals surface area contributed by atoms with Gasteiger partial charge in [0.2, 0.25) is 5.91 Å². The number of likely N-dealkylation sites (N-methyl/N-ethyl adjacent to an activating group) is 1. The Kier molecular flexibility index (Phi) is 5.38. The van der Waals surface area contributed by atoms with Crippen molar-refractivity contribution in [3.05, 3.63) is 76.0 Å². The summed E-state index contributed by atoms with van der Waals surface area (Å²) in [5.74, 6) is -1.10. The highest BCUT2D eigenvalue weighted by Crippen LogP contribution is 2.44. The smallest absolute Gasteiger partial charge is 0.239 e. The Labute approximate surface area is 190 Å². The third kappa shape index (κ3) is 3.80. The molecule has 2 aromatic heterocycles. The molecule has 32 heavy (non-hydrogen) atoms. The number of benzene rings is 1. The van der Waals surface area contributed by atoms with E-state index in [1.54, 1.807) is 13.2 Å². The fourth-order valence-electron chi connectivity index (χ4n) is 4.07. The lowest BCUT2D eigenvalue weighted by Gasteiger charge is -2.45. The van der Waals surface area contributed by atoms with E-state index in [9.17, 15) is 9.18 Å². The van der Waals surface area contributed by atoms with Crippen LogP contribution in [-0.2, 0) is 15.9 Å². The monoisotopic (exact) mass is 451 g/mol. The zero-order valence-electron chi connectivity index (χ0n) is 18.4. The molecule has 8 heteroatoms. The van der Waals surface area contributed by atoms with Crippen LogP contribution in [0.1, 0.15) is 42.7 Å². The van der Waals surface area contributed by atoms with Crippen LogP contribution in [0.2, 0.25) is 0 Å². The lowest BCUT2D eigenvalue weighted by atomic mass is 9.76. The Hall–Kier alpha value is -3.10. The molecule has 1 aromatic carbocycles. The number of rotatable bonds is 4. The minimum atomic E-state index is -0.857. The van der Waals surface area contributed by atoms with Crippen molar-refractivity contribution >= 4 is 23.2 Å². The van der Waals surface area contributed by atoms with Crippen molar-refractivity contribution in [2.75, 3.05) is 7.05 Å². The molecule has 1 saturated heterocycles. The summed E-state index contributed by atoms with van der Waals surface area (Å²) in [6.07, 6.45) is 2.77. The van der Waals surface area contributed by atoms with E-state index in [1.807, 2.05) is 56.5 Å². The second-order valence-corrected chi connectivity index (χ2v) is 9.85.